The molecule has 2 heteroatoms. The van der Waals surface area contributed by atoms with Crippen molar-refractivity contribution in [1.29, 1.82) is 0 Å². The van der Waals surface area contributed by atoms with Gasteiger partial charge in [0.2, 0.25) is 0 Å². The van der Waals surface area contributed by atoms with Gasteiger partial charge in [0.15, 0.2) is 5.79 Å². The monoisotopic (exact) mass is 428 g/mol. The molecule has 4 fully saturated rings. The quantitative estimate of drug-likeness (QED) is 0.474. The average molecular weight is 429 g/mol. The molecule has 1 heterocycles. The van der Waals surface area contributed by atoms with Crippen LogP contribution in [-0.2, 0) is 4.74 Å². The normalized spacial score (nSPS) is 54.4. The van der Waals surface area contributed by atoms with E-state index < -0.39 is 5.79 Å². The van der Waals surface area contributed by atoms with E-state index in [-0.39, 0.29) is 12.0 Å². The van der Waals surface area contributed by atoms with Crippen molar-refractivity contribution in [3.8, 4) is 0 Å². The first-order valence-electron chi connectivity index (χ1n) is 13.7. The number of fused-ring (bicyclic) bond motifs is 7. The standard InChI is InChI=1S/C29H48O2/c1-7-18(2)11-15-29(30)20(4)26-25(31-29)17-24-22-9-8-21-16-19(3)10-13-27(21,5)23(22)12-14-28(24,26)6/h8,18-20,22-26,30H,7,9-17H2,1-6H3. The average Bonchev–Trinajstić information content (AvgIpc) is 3.17. The molecule has 1 aliphatic heterocycles. The number of ether oxygens (including phenoxy) is 1. The van der Waals surface area contributed by atoms with Gasteiger partial charge in [-0.25, -0.2) is 0 Å². The largest absolute Gasteiger partial charge is 0.365 e. The number of allylic oxidation sites excluding steroid dienone is 2. The van der Waals surface area contributed by atoms with Gasteiger partial charge in [-0.15, -0.1) is 0 Å². The first-order valence-corrected chi connectivity index (χ1v) is 13.7. The van der Waals surface area contributed by atoms with Gasteiger partial charge >= 0.3 is 0 Å². The van der Waals surface area contributed by atoms with Crippen LogP contribution in [0.2, 0.25) is 0 Å². The SMILES string of the molecule is CCC(C)CCC1(O)OC2CC3C4CC=C5CC(C)CCC5(C)C4CCC3(C)C2C1C. The summed E-state index contributed by atoms with van der Waals surface area (Å²) < 4.78 is 6.60. The van der Waals surface area contributed by atoms with E-state index in [4.69, 9.17) is 4.74 Å². The molecule has 0 aromatic rings. The van der Waals surface area contributed by atoms with Gasteiger partial charge in [-0.2, -0.15) is 0 Å². The molecule has 0 aromatic heterocycles. The Labute approximate surface area is 191 Å². The van der Waals surface area contributed by atoms with Gasteiger partial charge in [-0.1, -0.05) is 59.6 Å². The van der Waals surface area contributed by atoms with Crippen LogP contribution in [0.5, 0.6) is 0 Å². The topological polar surface area (TPSA) is 29.5 Å². The molecule has 0 bridgehead atoms. The summed E-state index contributed by atoms with van der Waals surface area (Å²) in [5, 5.41) is 11.5. The summed E-state index contributed by atoms with van der Waals surface area (Å²) in [6.07, 6.45) is 15.4. The second-order valence-corrected chi connectivity index (χ2v) is 13.3. The lowest BCUT2D eigenvalue weighted by atomic mass is 9.46. The third kappa shape index (κ3) is 3.24. The molecule has 1 N–H and O–H groups in total. The predicted molar refractivity (Wildman–Crippen MR) is 127 cm³/mol. The van der Waals surface area contributed by atoms with E-state index in [0.717, 1.165) is 36.5 Å². The van der Waals surface area contributed by atoms with Crippen LogP contribution in [0.3, 0.4) is 0 Å². The first kappa shape index (κ1) is 22.5. The van der Waals surface area contributed by atoms with Gasteiger partial charge in [0.05, 0.1) is 6.10 Å². The molecule has 5 rings (SSSR count). The van der Waals surface area contributed by atoms with Gasteiger partial charge in [0.1, 0.15) is 0 Å². The van der Waals surface area contributed by atoms with Crippen LogP contribution in [0.15, 0.2) is 11.6 Å². The summed E-state index contributed by atoms with van der Waals surface area (Å²) in [4.78, 5) is 0. The fourth-order valence-corrected chi connectivity index (χ4v) is 9.48. The molecular formula is C29H48O2. The van der Waals surface area contributed by atoms with E-state index in [0.29, 0.717) is 22.7 Å². The molecule has 3 saturated carbocycles. The zero-order valence-electron chi connectivity index (χ0n) is 21.1. The summed E-state index contributed by atoms with van der Waals surface area (Å²) in [5.41, 5.74) is 2.60. The number of aliphatic hydroxyl groups is 1. The smallest absolute Gasteiger partial charge is 0.168 e. The summed E-state index contributed by atoms with van der Waals surface area (Å²) in [6.45, 7) is 14.5. The molecule has 31 heavy (non-hydrogen) atoms. The lowest BCUT2D eigenvalue weighted by Crippen LogP contribution is -2.51. The second-order valence-electron chi connectivity index (χ2n) is 13.3. The minimum absolute atomic E-state index is 0.258. The van der Waals surface area contributed by atoms with Crippen molar-refractivity contribution in [2.24, 2.45) is 52.3 Å². The van der Waals surface area contributed by atoms with Crippen molar-refractivity contribution in [3.05, 3.63) is 11.6 Å². The Morgan fingerprint density at radius 3 is 2.68 bits per heavy atom. The molecule has 176 valence electrons. The Morgan fingerprint density at radius 2 is 1.94 bits per heavy atom. The minimum Gasteiger partial charge on any atom is -0.365 e. The van der Waals surface area contributed by atoms with Crippen LogP contribution >= 0.6 is 0 Å². The molecule has 2 nitrogen and oxygen atoms in total. The molecule has 0 aromatic carbocycles. The van der Waals surface area contributed by atoms with Crippen LogP contribution in [0.1, 0.15) is 106 Å². The van der Waals surface area contributed by atoms with Crippen molar-refractivity contribution in [3.63, 3.8) is 0 Å². The molecule has 4 aliphatic carbocycles. The summed E-state index contributed by atoms with van der Waals surface area (Å²) in [6, 6.07) is 0. The van der Waals surface area contributed by atoms with E-state index in [1.54, 1.807) is 5.57 Å². The van der Waals surface area contributed by atoms with Crippen molar-refractivity contribution >= 4 is 0 Å². The van der Waals surface area contributed by atoms with Gasteiger partial charge in [-0.3, -0.25) is 0 Å². The maximum atomic E-state index is 11.5. The van der Waals surface area contributed by atoms with Crippen molar-refractivity contribution in [2.45, 2.75) is 118 Å². The van der Waals surface area contributed by atoms with Crippen molar-refractivity contribution < 1.29 is 9.84 Å². The Kier molecular flexibility index (Phi) is 5.50. The molecule has 0 spiro atoms. The molecule has 11 unspecified atom stereocenters. The maximum Gasteiger partial charge on any atom is 0.168 e. The fourth-order valence-electron chi connectivity index (χ4n) is 9.48. The third-order valence-corrected chi connectivity index (χ3v) is 11.7. The fraction of sp³-hybridized carbons (Fsp3) is 0.931. The van der Waals surface area contributed by atoms with Crippen LogP contribution in [0.25, 0.3) is 0 Å². The Hall–Kier alpha value is -0.340. The lowest BCUT2D eigenvalue weighted by Gasteiger charge is -2.58. The number of rotatable bonds is 4. The maximum absolute atomic E-state index is 11.5. The van der Waals surface area contributed by atoms with Gasteiger partial charge in [0, 0.05) is 12.3 Å². The van der Waals surface area contributed by atoms with E-state index in [1.165, 1.54) is 51.4 Å². The molecular weight excluding hydrogens is 380 g/mol. The summed E-state index contributed by atoms with van der Waals surface area (Å²) in [7, 11) is 0. The number of hydrogen-bond acceptors (Lipinski definition) is 2. The van der Waals surface area contributed by atoms with Gasteiger partial charge < -0.3 is 9.84 Å². The third-order valence-electron chi connectivity index (χ3n) is 11.7. The zero-order chi connectivity index (χ0) is 22.2. The summed E-state index contributed by atoms with van der Waals surface area (Å²) in [5.74, 6) is 3.91. The molecule has 5 aliphatic rings. The van der Waals surface area contributed by atoms with E-state index in [9.17, 15) is 5.11 Å². The van der Waals surface area contributed by atoms with Crippen LogP contribution in [0.4, 0.5) is 0 Å². The second kappa shape index (κ2) is 7.59. The highest BCUT2D eigenvalue weighted by Crippen LogP contribution is 2.70. The highest BCUT2D eigenvalue weighted by Gasteiger charge is 2.67. The van der Waals surface area contributed by atoms with Crippen molar-refractivity contribution in [2.75, 3.05) is 0 Å². The zero-order valence-corrected chi connectivity index (χ0v) is 21.1. The van der Waals surface area contributed by atoms with Crippen LogP contribution < -0.4 is 0 Å². The Balaban J connectivity index is 1.37. The first-order chi connectivity index (χ1) is 14.6. The van der Waals surface area contributed by atoms with Gasteiger partial charge in [-0.05, 0) is 97.7 Å². The van der Waals surface area contributed by atoms with Crippen LogP contribution in [0, 0.1) is 52.3 Å². The molecule has 1 saturated heterocycles. The van der Waals surface area contributed by atoms with Crippen molar-refractivity contribution in [1.82, 2.24) is 0 Å². The van der Waals surface area contributed by atoms with Crippen LogP contribution in [-0.4, -0.2) is 17.0 Å². The number of hydrogen-bond donors (Lipinski definition) is 1. The minimum atomic E-state index is -0.894. The van der Waals surface area contributed by atoms with E-state index in [1.807, 2.05) is 0 Å². The highest BCUT2D eigenvalue weighted by atomic mass is 16.6. The van der Waals surface area contributed by atoms with Gasteiger partial charge in [0.25, 0.3) is 0 Å². The lowest BCUT2D eigenvalue weighted by molar-refractivity contribution is -0.220. The summed E-state index contributed by atoms with van der Waals surface area (Å²) >= 11 is 0. The van der Waals surface area contributed by atoms with E-state index >= 15 is 0 Å². The molecule has 11 atom stereocenters. The molecule has 0 radical (unpaired) electrons. The molecule has 0 amide bonds. The highest BCUT2D eigenvalue weighted by molar-refractivity contribution is 5.25. The van der Waals surface area contributed by atoms with E-state index in [2.05, 4.69) is 47.6 Å². The predicted octanol–water partition coefficient (Wildman–Crippen LogP) is 7.36. The Bertz CT molecular complexity index is 728. The Morgan fingerprint density at radius 1 is 1.16 bits per heavy atom.